The maximum atomic E-state index is 11.8. The molecule has 1 aliphatic rings. The van der Waals surface area contributed by atoms with E-state index in [1.807, 2.05) is 17.0 Å². The molecule has 0 radical (unpaired) electrons. The lowest BCUT2D eigenvalue weighted by molar-refractivity contribution is 0.0647. The summed E-state index contributed by atoms with van der Waals surface area (Å²) in [6.07, 6.45) is 1.17. The maximum Gasteiger partial charge on any atom is 0.202 e. The molecular formula is C23H21ClN2O4S. The molecule has 6 nitrogen and oxygen atoms in total. The predicted octanol–water partition coefficient (Wildman–Crippen LogP) is 3.86. The third-order valence-electron chi connectivity index (χ3n) is 5.16. The van der Waals surface area contributed by atoms with Crippen LogP contribution >= 0.6 is 11.6 Å². The van der Waals surface area contributed by atoms with Crippen molar-refractivity contribution in [3.8, 4) is 5.75 Å². The van der Waals surface area contributed by atoms with Gasteiger partial charge >= 0.3 is 0 Å². The first-order chi connectivity index (χ1) is 14.7. The van der Waals surface area contributed by atoms with Gasteiger partial charge in [0, 0.05) is 28.1 Å². The molecule has 0 aromatic heterocycles. The van der Waals surface area contributed by atoms with Crippen molar-refractivity contribution in [3.63, 3.8) is 0 Å². The smallest absolute Gasteiger partial charge is 0.202 e. The number of halogens is 1. The average Bonchev–Trinajstić information content (AvgIpc) is 3.13. The largest absolute Gasteiger partial charge is 0.497 e. The van der Waals surface area contributed by atoms with Gasteiger partial charge in [-0.2, -0.15) is 0 Å². The quantitative estimate of drug-likeness (QED) is 0.630. The number of methoxy groups -OCH3 is 1. The van der Waals surface area contributed by atoms with Crippen LogP contribution in [-0.4, -0.2) is 39.3 Å². The van der Waals surface area contributed by atoms with Crippen LogP contribution in [0, 0.1) is 0 Å². The van der Waals surface area contributed by atoms with E-state index >= 15 is 0 Å². The van der Waals surface area contributed by atoms with E-state index in [1.54, 1.807) is 67.8 Å². The Hall–Kier alpha value is -2.87. The molecule has 0 bridgehead atoms. The molecule has 0 spiro atoms. The summed E-state index contributed by atoms with van der Waals surface area (Å²) in [5.41, 5.74) is 0.623. The van der Waals surface area contributed by atoms with Crippen molar-refractivity contribution in [2.24, 2.45) is 4.99 Å². The van der Waals surface area contributed by atoms with Gasteiger partial charge in [-0.1, -0.05) is 23.7 Å². The van der Waals surface area contributed by atoms with Crippen molar-refractivity contribution >= 4 is 33.0 Å². The Morgan fingerprint density at radius 2 is 1.61 bits per heavy atom. The summed E-state index contributed by atoms with van der Waals surface area (Å²) < 4.78 is 28.9. The first-order valence-corrected chi connectivity index (χ1v) is 11.8. The Bertz CT molecular complexity index is 1220. The summed E-state index contributed by atoms with van der Waals surface area (Å²) in [6.45, 7) is 0.162. The number of β-amino-alcohol motifs (C(OH)–C–C–N with tert-alkyl or cyclic N) is 1. The van der Waals surface area contributed by atoms with Gasteiger partial charge in [0.2, 0.25) is 5.72 Å². The second-order valence-corrected chi connectivity index (χ2v) is 9.79. The Balaban J connectivity index is 1.78. The number of hydrogen-bond acceptors (Lipinski definition) is 6. The van der Waals surface area contributed by atoms with Gasteiger partial charge in [-0.15, -0.1) is 0 Å². The van der Waals surface area contributed by atoms with Gasteiger partial charge in [0.05, 0.1) is 18.6 Å². The molecule has 1 N–H and O–H groups in total. The van der Waals surface area contributed by atoms with Crippen LogP contribution in [-0.2, 0) is 15.6 Å². The van der Waals surface area contributed by atoms with Gasteiger partial charge in [0.1, 0.15) is 11.6 Å². The summed E-state index contributed by atoms with van der Waals surface area (Å²) in [7, 11) is -1.73. The summed E-state index contributed by atoms with van der Waals surface area (Å²) in [5.74, 6) is 1.24. The zero-order chi connectivity index (χ0) is 22.2. The summed E-state index contributed by atoms with van der Waals surface area (Å²) >= 11 is 6.04. The number of amidine groups is 1. The number of hydrogen-bond donors (Lipinski definition) is 1. The van der Waals surface area contributed by atoms with E-state index in [2.05, 4.69) is 4.99 Å². The Morgan fingerprint density at radius 3 is 2.16 bits per heavy atom. The molecular weight excluding hydrogens is 436 g/mol. The number of sulfone groups is 1. The molecule has 0 amide bonds. The first-order valence-electron chi connectivity index (χ1n) is 9.50. The molecule has 31 heavy (non-hydrogen) atoms. The molecule has 160 valence electrons. The molecule has 1 atom stereocenters. The van der Waals surface area contributed by atoms with Crippen LogP contribution in [0.2, 0.25) is 5.02 Å². The van der Waals surface area contributed by atoms with Crippen LogP contribution < -0.4 is 9.64 Å². The second-order valence-electron chi connectivity index (χ2n) is 7.34. The first kappa shape index (κ1) is 21.4. The number of anilines is 1. The molecule has 1 heterocycles. The van der Waals surface area contributed by atoms with Crippen molar-refractivity contribution in [2.45, 2.75) is 10.6 Å². The van der Waals surface area contributed by atoms with Crippen LogP contribution in [0.5, 0.6) is 5.75 Å². The lowest BCUT2D eigenvalue weighted by Gasteiger charge is -2.25. The molecule has 3 aromatic rings. The molecule has 0 saturated heterocycles. The minimum Gasteiger partial charge on any atom is -0.497 e. The van der Waals surface area contributed by atoms with Crippen LogP contribution in [0.1, 0.15) is 11.1 Å². The van der Waals surface area contributed by atoms with E-state index in [4.69, 9.17) is 16.3 Å². The standard InChI is InChI=1S/C23H21ClN2O4S/c1-30-20-11-5-17(6-12-20)23(27)15-26(19-9-13-21(14-10-19)31(2,28)29)22(25-23)16-3-7-18(24)8-4-16/h3-14,27H,15H2,1-2H3. The fourth-order valence-electron chi connectivity index (χ4n) is 3.49. The summed E-state index contributed by atoms with van der Waals surface area (Å²) in [6, 6.07) is 20.8. The number of aliphatic imine (C=N–C) groups is 1. The third kappa shape index (κ3) is 4.30. The molecule has 0 saturated carbocycles. The van der Waals surface area contributed by atoms with E-state index in [0.29, 0.717) is 27.9 Å². The fourth-order valence-corrected chi connectivity index (χ4v) is 4.24. The number of rotatable bonds is 5. The van der Waals surface area contributed by atoms with Crippen LogP contribution in [0.4, 0.5) is 5.69 Å². The van der Waals surface area contributed by atoms with Crippen LogP contribution in [0.3, 0.4) is 0 Å². The van der Waals surface area contributed by atoms with Crippen molar-refractivity contribution in [1.29, 1.82) is 0 Å². The van der Waals surface area contributed by atoms with Gasteiger partial charge in [-0.05, 0) is 60.7 Å². The van der Waals surface area contributed by atoms with E-state index in [-0.39, 0.29) is 11.4 Å². The third-order valence-corrected chi connectivity index (χ3v) is 6.54. The van der Waals surface area contributed by atoms with Gasteiger partial charge in [-0.3, -0.25) is 0 Å². The SMILES string of the molecule is COc1ccc(C2(O)CN(c3ccc(S(C)(=O)=O)cc3)C(c3ccc(Cl)cc3)=N2)cc1. The lowest BCUT2D eigenvalue weighted by Crippen LogP contribution is -2.34. The maximum absolute atomic E-state index is 11.8. The van der Waals surface area contributed by atoms with Gasteiger partial charge in [0.25, 0.3) is 0 Å². The summed E-state index contributed by atoms with van der Waals surface area (Å²) in [4.78, 5) is 6.76. The Morgan fingerprint density at radius 1 is 1.00 bits per heavy atom. The number of ether oxygens (including phenoxy) is 1. The number of aliphatic hydroxyl groups is 1. The normalized spacial score (nSPS) is 18.7. The minimum atomic E-state index is -3.31. The monoisotopic (exact) mass is 456 g/mol. The lowest BCUT2D eigenvalue weighted by atomic mass is 10.0. The molecule has 0 aliphatic carbocycles. The van der Waals surface area contributed by atoms with Gasteiger partial charge in [-0.25, -0.2) is 13.4 Å². The molecule has 1 unspecified atom stereocenters. The number of benzene rings is 3. The number of nitrogens with zero attached hydrogens (tertiary/aromatic N) is 2. The van der Waals surface area contributed by atoms with Crippen molar-refractivity contribution in [3.05, 3.63) is 88.9 Å². The highest BCUT2D eigenvalue weighted by molar-refractivity contribution is 7.90. The van der Waals surface area contributed by atoms with Crippen molar-refractivity contribution in [1.82, 2.24) is 0 Å². The zero-order valence-electron chi connectivity index (χ0n) is 17.0. The molecule has 3 aromatic carbocycles. The Labute approximate surface area is 186 Å². The van der Waals surface area contributed by atoms with E-state index < -0.39 is 15.6 Å². The van der Waals surface area contributed by atoms with E-state index in [1.165, 1.54) is 6.26 Å². The molecule has 1 aliphatic heterocycles. The molecule has 4 rings (SSSR count). The molecule has 8 heteroatoms. The Kier molecular flexibility index (Phi) is 5.51. The van der Waals surface area contributed by atoms with E-state index in [9.17, 15) is 13.5 Å². The zero-order valence-corrected chi connectivity index (χ0v) is 18.6. The summed E-state index contributed by atoms with van der Waals surface area (Å²) in [5, 5.41) is 12.0. The van der Waals surface area contributed by atoms with Crippen molar-refractivity contribution < 1.29 is 18.3 Å². The van der Waals surface area contributed by atoms with Crippen LogP contribution in [0.15, 0.2) is 82.7 Å². The topological polar surface area (TPSA) is 79.2 Å². The van der Waals surface area contributed by atoms with Crippen molar-refractivity contribution in [2.75, 3.05) is 24.8 Å². The fraction of sp³-hybridized carbons (Fsp3) is 0.174. The van der Waals surface area contributed by atoms with Gasteiger partial charge in [0.15, 0.2) is 9.84 Å². The molecule has 0 fully saturated rings. The highest BCUT2D eigenvalue weighted by Gasteiger charge is 2.40. The van der Waals surface area contributed by atoms with Crippen LogP contribution in [0.25, 0.3) is 0 Å². The minimum absolute atomic E-state index is 0.162. The average molecular weight is 457 g/mol. The highest BCUT2D eigenvalue weighted by atomic mass is 35.5. The predicted molar refractivity (Wildman–Crippen MR) is 122 cm³/mol. The second kappa shape index (κ2) is 8.00. The van der Waals surface area contributed by atoms with E-state index in [0.717, 1.165) is 5.56 Å². The van der Waals surface area contributed by atoms with Gasteiger partial charge < -0.3 is 14.7 Å². The highest BCUT2D eigenvalue weighted by Crippen LogP contribution is 2.35.